The van der Waals surface area contributed by atoms with Crippen LogP contribution in [0.5, 0.6) is 0 Å². The van der Waals surface area contributed by atoms with Crippen LogP contribution in [0, 0.1) is 17.1 Å². The lowest BCUT2D eigenvalue weighted by Gasteiger charge is -1.94. The Bertz CT molecular complexity index is 509. The van der Waals surface area contributed by atoms with Gasteiger partial charge in [-0.2, -0.15) is 5.26 Å². The summed E-state index contributed by atoms with van der Waals surface area (Å²) in [6.07, 6.45) is 0. The Balaban J connectivity index is 2.89. The van der Waals surface area contributed by atoms with Crippen LogP contribution in [0.25, 0.3) is 11.0 Å². The third-order valence-corrected chi connectivity index (χ3v) is 1.78. The van der Waals surface area contributed by atoms with Crippen molar-refractivity contribution >= 4 is 11.0 Å². The van der Waals surface area contributed by atoms with Crippen molar-refractivity contribution < 1.29 is 4.39 Å². The van der Waals surface area contributed by atoms with E-state index in [2.05, 4.69) is 10.3 Å². The zero-order valence-corrected chi connectivity index (χ0v) is 6.82. The summed E-state index contributed by atoms with van der Waals surface area (Å²) in [6, 6.07) is 4.53. The summed E-state index contributed by atoms with van der Waals surface area (Å²) in [4.78, 5) is 0. The molecule has 1 heterocycles. The molecule has 5 heteroatoms. The first-order valence-electron chi connectivity index (χ1n) is 3.61. The van der Waals surface area contributed by atoms with Gasteiger partial charge in [0.15, 0.2) is 5.82 Å². The van der Waals surface area contributed by atoms with Crippen LogP contribution in [-0.2, 0) is 7.05 Å². The lowest BCUT2D eigenvalue weighted by molar-refractivity contribution is 0.622. The van der Waals surface area contributed by atoms with Crippen molar-refractivity contribution in [3.05, 3.63) is 23.5 Å². The fourth-order valence-electron chi connectivity index (χ4n) is 1.21. The first-order chi connectivity index (χ1) is 6.22. The molecular weight excluding hydrogens is 171 g/mol. The van der Waals surface area contributed by atoms with Crippen molar-refractivity contribution in [3.8, 4) is 6.07 Å². The quantitative estimate of drug-likeness (QED) is 0.601. The standard InChI is InChI=1S/C8H5FN4/c1-13-8-6(9)2-5(4-10)3-7(8)11-12-13/h2-3H,1H3. The number of rotatable bonds is 0. The van der Waals surface area contributed by atoms with E-state index in [-0.39, 0.29) is 5.56 Å². The summed E-state index contributed by atoms with van der Waals surface area (Å²) < 4.78 is 14.6. The van der Waals surface area contributed by atoms with Crippen LogP contribution < -0.4 is 0 Å². The van der Waals surface area contributed by atoms with E-state index in [1.807, 2.05) is 6.07 Å². The second-order valence-corrected chi connectivity index (χ2v) is 2.65. The van der Waals surface area contributed by atoms with E-state index >= 15 is 0 Å². The monoisotopic (exact) mass is 176 g/mol. The Kier molecular flexibility index (Phi) is 1.49. The first-order valence-corrected chi connectivity index (χ1v) is 3.61. The Morgan fingerprint density at radius 2 is 2.31 bits per heavy atom. The van der Waals surface area contributed by atoms with Crippen LogP contribution in [-0.4, -0.2) is 15.0 Å². The van der Waals surface area contributed by atoms with Gasteiger partial charge in [0.2, 0.25) is 0 Å². The van der Waals surface area contributed by atoms with E-state index in [4.69, 9.17) is 5.26 Å². The second kappa shape index (κ2) is 2.52. The maximum atomic E-state index is 13.3. The normalized spacial score (nSPS) is 10.2. The molecule has 0 unspecified atom stereocenters. The van der Waals surface area contributed by atoms with E-state index in [9.17, 15) is 4.39 Å². The number of hydrogen-bond acceptors (Lipinski definition) is 3. The second-order valence-electron chi connectivity index (χ2n) is 2.65. The van der Waals surface area contributed by atoms with Crippen LogP contribution >= 0.6 is 0 Å². The van der Waals surface area contributed by atoms with Crippen LogP contribution in [0.1, 0.15) is 5.56 Å². The van der Waals surface area contributed by atoms with Gasteiger partial charge in [-0.3, -0.25) is 0 Å². The molecule has 0 saturated carbocycles. The Morgan fingerprint density at radius 1 is 1.54 bits per heavy atom. The third-order valence-electron chi connectivity index (χ3n) is 1.78. The lowest BCUT2D eigenvalue weighted by Crippen LogP contribution is -1.92. The molecule has 1 aromatic carbocycles. The fraction of sp³-hybridized carbons (Fsp3) is 0.125. The SMILES string of the molecule is Cn1nnc2cc(C#N)cc(F)c21. The molecule has 0 aliphatic rings. The van der Waals surface area contributed by atoms with Crippen LogP contribution in [0.15, 0.2) is 12.1 Å². The summed E-state index contributed by atoms with van der Waals surface area (Å²) >= 11 is 0. The van der Waals surface area contributed by atoms with Gasteiger partial charge in [-0.25, -0.2) is 9.07 Å². The molecule has 0 spiro atoms. The highest BCUT2D eigenvalue weighted by molar-refractivity contribution is 5.76. The molecule has 0 aliphatic carbocycles. The van der Waals surface area contributed by atoms with Gasteiger partial charge in [-0.15, -0.1) is 5.10 Å². The van der Waals surface area contributed by atoms with Crippen LogP contribution in [0.3, 0.4) is 0 Å². The van der Waals surface area contributed by atoms with Gasteiger partial charge in [-0.05, 0) is 12.1 Å². The van der Waals surface area contributed by atoms with Gasteiger partial charge >= 0.3 is 0 Å². The minimum Gasteiger partial charge on any atom is -0.245 e. The molecular formula is C8H5FN4. The third kappa shape index (κ3) is 1.04. The molecule has 0 N–H and O–H groups in total. The van der Waals surface area contributed by atoms with Crippen molar-refractivity contribution in [2.24, 2.45) is 7.05 Å². The van der Waals surface area contributed by atoms with Crippen LogP contribution in [0.2, 0.25) is 0 Å². The highest BCUT2D eigenvalue weighted by atomic mass is 19.1. The first kappa shape index (κ1) is 7.68. The maximum Gasteiger partial charge on any atom is 0.152 e. The molecule has 0 fully saturated rings. The molecule has 64 valence electrons. The van der Waals surface area contributed by atoms with Crippen molar-refractivity contribution in [3.63, 3.8) is 0 Å². The summed E-state index contributed by atoms with van der Waals surface area (Å²) in [6.45, 7) is 0. The molecule has 0 bridgehead atoms. The average molecular weight is 176 g/mol. The molecule has 2 rings (SSSR count). The predicted molar refractivity (Wildman–Crippen MR) is 43.2 cm³/mol. The predicted octanol–water partition coefficient (Wildman–Crippen LogP) is 0.979. The average Bonchev–Trinajstić information content (AvgIpc) is 2.48. The van der Waals surface area contributed by atoms with Crippen molar-refractivity contribution in [1.29, 1.82) is 5.26 Å². The minimum atomic E-state index is -0.471. The highest BCUT2D eigenvalue weighted by Crippen LogP contribution is 2.16. The van der Waals surface area contributed by atoms with Crippen LogP contribution in [0.4, 0.5) is 4.39 Å². The number of nitrogens with zero attached hydrogens (tertiary/aromatic N) is 4. The van der Waals surface area contributed by atoms with E-state index < -0.39 is 5.82 Å². The fourth-order valence-corrected chi connectivity index (χ4v) is 1.21. The Morgan fingerprint density at radius 3 is 3.00 bits per heavy atom. The smallest absolute Gasteiger partial charge is 0.152 e. The van der Waals surface area contributed by atoms with E-state index in [1.54, 1.807) is 7.05 Å². The Hall–Kier alpha value is -1.96. The molecule has 0 saturated heterocycles. The van der Waals surface area contributed by atoms with Gasteiger partial charge in [0.1, 0.15) is 11.0 Å². The topological polar surface area (TPSA) is 54.5 Å². The zero-order chi connectivity index (χ0) is 9.42. The van der Waals surface area contributed by atoms with Crippen molar-refractivity contribution in [2.45, 2.75) is 0 Å². The molecule has 1 aromatic heterocycles. The number of halogens is 1. The van der Waals surface area contributed by atoms with Gasteiger partial charge in [0.05, 0.1) is 11.6 Å². The summed E-state index contributed by atoms with van der Waals surface area (Å²) in [5, 5.41) is 15.9. The lowest BCUT2D eigenvalue weighted by atomic mass is 10.2. The highest BCUT2D eigenvalue weighted by Gasteiger charge is 2.08. The maximum absolute atomic E-state index is 13.3. The molecule has 2 aromatic rings. The zero-order valence-electron chi connectivity index (χ0n) is 6.82. The number of aryl methyl sites for hydroxylation is 1. The van der Waals surface area contributed by atoms with E-state index in [0.717, 1.165) is 0 Å². The number of fused-ring (bicyclic) bond motifs is 1. The Labute approximate surface area is 73.2 Å². The van der Waals surface area contributed by atoms with Gasteiger partial charge in [0, 0.05) is 7.05 Å². The molecule has 0 radical (unpaired) electrons. The number of hydrogen-bond donors (Lipinski definition) is 0. The number of nitriles is 1. The van der Waals surface area contributed by atoms with Crippen molar-refractivity contribution in [1.82, 2.24) is 15.0 Å². The molecule has 0 aliphatic heterocycles. The summed E-state index contributed by atoms with van der Waals surface area (Å²) in [5.74, 6) is -0.471. The van der Waals surface area contributed by atoms with Gasteiger partial charge < -0.3 is 0 Å². The summed E-state index contributed by atoms with van der Waals surface area (Å²) in [7, 11) is 1.60. The van der Waals surface area contributed by atoms with Gasteiger partial charge in [-0.1, -0.05) is 5.21 Å². The van der Waals surface area contributed by atoms with E-state index in [0.29, 0.717) is 11.0 Å². The number of aromatic nitrogens is 3. The molecule has 13 heavy (non-hydrogen) atoms. The van der Waals surface area contributed by atoms with E-state index in [1.165, 1.54) is 16.8 Å². The summed E-state index contributed by atoms with van der Waals surface area (Å²) in [5.41, 5.74) is 0.976. The van der Waals surface area contributed by atoms with Crippen molar-refractivity contribution in [2.75, 3.05) is 0 Å². The number of benzene rings is 1. The molecule has 0 atom stereocenters. The van der Waals surface area contributed by atoms with Gasteiger partial charge in [0.25, 0.3) is 0 Å². The largest absolute Gasteiger partial charge is 0.245 e. The molecule has 0 amide bonds. The minimum absolute atomic E-state index is 0.255. The molecule has 4 nitrogen and oxygen atoms in total.